The zero-order valence-corrected chi connectivity index (χ0v) is 22.0. The van der Waals surface area contributed by atoms with Crippen molar-refractivity contribution in [1.82, 2.24) is 19.7 Å². The molecule has 1 saturated carbocycles. The van der Waals surface area contributed by atoms with Crippen LogP contribution in [0.25, 0.3) is 0 Å². The summed E-state index contributed by atoms with van der Waals surface area (Å²) in [6.45, 7) is 4.93. The van der Waals surface area contributed by atoms with Crippen molar-refractivity contribution in [2.75, 3.05) is 26.2 Å². The number of urea groups is 1. The van der Waals surface area contributed by atoms with Crippen LogP contribution in [0.1, 0.15) is 57.2 Å². The van der Waals surface area contributed by atoms with Gasteiger partial charge >= 0.3 is 12.0 Å². The van der Waals surface area contributed by atoms with Gasteiger partial charge in [0.1, 0.15) is 13.1 Å². The fraction of sp³-hybridized carbons (Fsp3) is 0.519. The summed E-state index contributed by atoms with van der Waals surface area (Å²) in [7, 11) is 0. The molecule has 36 heavy (non-hydrogen) atoms. The van der Waals surface area contributed by atoms with E-state index in [4.69, 9.17) is 16.3 Å². The number of carbonyl (C=O) groups excluding carboxylic acids is 3. The molecule has 3 amide bonds. The third-order valence-corrected chi connectivity index (χ3v) is 6.94. The molecule has 1 aromatic carbocycles. The number of hydrogen-bond acceptors (Lipinski definition) is 4. The topological polar surface area (TPSA) is 83.9 Å². The number of nitrogens with one attached hydrogen (secondary N) is 1. The van der Waals surface area contributed by atoms with Crippen molar-refractivity contribution in [3.63, 3.8) is 0 Å². The number of esters is 1. The highest BCUT2D eigenvalue weighted by atomic mass is 35.5. The van der Waals surface area contributed by atoms with Crippen molar-refractivity contribution in [3.05, 3.63) is 58.9 Å². The first kappa shape index (κ1) is 27.6. The van der Waals surface area contributed by atoms with Gasteiger partial charge in [-0.05, 0) is 50.5 Å². The van der Waals surface area contributed by atoms with E-state index in [-0.39, 0.29) is 31.6 Å². The van der Waals surface area contributed by atoms with Gasteiger partial charge in [0.25, 0.3) is 0 Å². The Hall–Kier alpha value is -3.00. The van der Waals surface area contributed by atoms with E-state index in [0.717, 1.165) is 36.9 Å². The lowest BCUT2D eigenvalue weighted by molar-refractivity contribution is -0.141. The van der Waals surface area contributed by atoms with Gasteiger partial charge < -0.3 is 24.4 Å². The van der Waals surface area contributed by atoms with Gasteiger partial charge in [-0.15, -0.1) is 0 Å². The fourth-order valence-corrected chi connectivity index (χ4v) is 4.79. The quantitative estimate of drug-likeness (QED) is 0.447. The second-order valence-electron chi connectivity index (χ2n) is 9.01. The predicted molar refractivity (Wildman–Crippen MR) is 140 cm³/mol. The summed E-state index contributed by atoms with van der Waals surface area (Å²) in [5.41, 5.74) is 2.03. The number of halogens is 1. The SMILES string of the molecule is CCOC(=O)CNC(=O)N(CC)CC(=O)N(Cc1cccn1Cc1ccccc1Cl)C1CCCCC1. The lowest BCUT2D eigenvalue weighted by Crippen LogP contribution is -2.50. The van der Waals surface area contributed by atoms with Gasteiger partial charge in [-0.1, -0.05) is 49.1 Å². The summed E-state index contributed by atoms with van der Waals surface area (Å²) < 4.78 is 6.99. The Balaban J connectivity index is 1.72. The van der Waals surface area contributed by atoms with E-state index in [9.17, 15) is 14.4 Å². The minimum absolute atomic E-state index is 0.0487. The lowest BCUT2D eigenvalue weighted by atomic mass is 9.94. The van der Waals surface area contributed by atoms with Crippen LogP contribution < -0.4 is 5.32 Å². The van der Waals surface area contributed by atoms with Crippen LogP contribution in [0.2, 0.25) is 5.02 Å². The lowest BCUT2D eigenvalue weighted by Gasteiger charge is -2.36. The fourth-order valence-electron chi connectivity index (χ4n) is 4.60. The number of rotatable bonds is 11. The summed E-state index contributed by atoms with van der Waals surface area (Å²) in [5, 5.41) is 3.27. The first-order chi connectivity index (χ1) is 17.4. The molecule has 0 radical (unpaired) electrons. The second-order valence-corrected chi connectivity index (χ2v) is 9.42. The number of ether oxygens (including phenoxy) is 1. The van der Waals surface area contributed by atoms with Gasteiger partial charge in [-0.25, -0.2) is 4.79 Å². The molecule has 1 aliphatic rings. The molecule has 9 heteroatoms. The molecule has 0 bridgehead atoms. The Morgan fingerprint density at radius 2 is 1.83 bits per heavy atom. The number of benzene rings is 1. The smallest absolute Gasteiger partial charge is 0.325 e. The summed E-state index contributed by atoms with van der Waals surface area (Å²) in [6, 6.07) is 11.5. The standard InChI is InChI=1S/C27H37ClN4O4/c1-3-30(27(35)29-17-26(34)36-4-2)20-25(33)32(22-12-6-5-7-13-22)19-23-14-10-16-31(23)18-21-11-8-9-15-24(21)28/h8-11,14-16,22H,3-7,12-13,17-20H2,1-2H3,(H,29,35). The van der Waals surface area contributed by atoms with Gasteiger partial charge in [-0.2, -0.15) is 0 Å². The summed E-state index contributed by atoms with van der Waals surface area (Å²) >= 11 is 6.39. The summed E-state index contributed by atoms with van der Waals surface area (Å²) in [5.74, 6) is -0.600. The highest BCUT2D eigenvalue weighted by molar-refractivity contribution is 6.31. The maximum absolute atomic E-state index is 13.6. The Morgan fingerprint density at radius 1 is 1.08 bits per heavy atom. The minimum atomic E-state index is -0.503. The highest BCUT2D eigenvalue weighted by Crippen LogP contribution is 2.25. The molecule has 0 spiro atoms. The van der Waals surface area contributed by atoms with Crippen LogP contribution >= 0.6 is 11.6 Å². The molecule has 3 rings (SSSR count). The molecule has 8 nitrogen and oxygen atoms in total. The summed E-state index contributed by atoms with van der Waals surface area (Å²) in [4.78, 5) is 41.2. The number of nitrogens with zero attached hydrogens (tertiary/aromatic N) is 3. The Bertz CT molecular complexity index is 1020. The van der Waals surface area contributed by atoms with Gasteiger partial charge in [0.15, 0.2) is 0 Å². The number of amides is 3. The molecule has 1 fully saturated rings. The van der Waals surface area contributed by atoms with Crippen molar-refractivity contribution >= 4 is 29.5 Å². The van der Waals surface area contributed by atoms with Crippen molar-refractivity contribution in [3.8, 4) is 0 Å². The number of aromatic nitrogens is 1. The molecular formula is C27H37ClN4O4. The van der Waals surface area contributed by atoms with Gasteiger partial charge in [0.2, 0.25) is 5.91 Å². The van der Waals surface area contributed by atoms with E-state index in [1.807, 2.05) is 54.4 Å². The molecular weight excluding hydrogens is 480 g/mol. The maximum Gasteiger partial charge on any atom is 0.325 e. The van der Waals surface area contributed by atoms with Gasteiger partial charge in [-0.3, -0.25) is 9.59 Å². The van der Waals surface area contributed by atoms with Crippen molar-refractivity contribution < 1.29 is 19.1 Å². The zero-order valence-electron chi connectivity index (χ0n) is 21.2. The molecule has 1 aromatic heterocycles. The molecule has 1 aliphatic carbocycles. The molecule has 0 saturated heterocycles. The summed E-state index contributed by atoms with van der Waals surface area (Å²) in [6.07, 6.45) is 7.28. The predicted octanol–water partition coefficient (Wildman–Crippen LogP) is 4.45. The van der Waals surface area contributed by atoms with Gasteiger partial charge in [0.05, 0.1) is 13.2 Å². The van der Waals surface area contributed by atoms with Crippen LogP contribution in [0.3, 0.4) is 0 Å². The Morgan fingerprint density at radius 3 is 2.53 bits per heavy atom. The Labute approximate surface area is 218 Å². The number of carbonyl (C=O) groups is 3. The van der Waals surface area contributed by atoms with E-state index in [2.05, 4.69) is 9.88 Å². The molecule has 196 valence electrons. The van der Waals surface area contributed by atoms with Crippen LogP contribution in [-0.4, -0.2) is 64.6 Å². The van der Waals surface area contributed by atoms with E-state index in [1.165, 1.54) is 11.3 Å². The van der Waals surface area contributed by atoms with Crippen molar-refractivity contribution in [1.29, 1.82) is 0 Å². The van der Waals surface area contributed by atoms with Crippen molar-refractivity contribution in [2.24, 2.45) is 0 Å². The average Bonchev–Trinajstić information content (AvgIpc) is 3.32. The first-order valence-electron chi connectivity index (χ1n) is 12.8. The molecule has 1 N–H and O–H groups in total. The molecule has 1 heterocycles. The number of likely N-dealkylation sites (N-methyl/N-ethyl adjacent to an activating group) is 1. The Kier molecular flexibility index (Phi) is 10.7. The highest BCUT2D eigenvalue weighted by Gasteiger charge is 2.28. The monoisotopic (exact) mass is 516 g/mol. The normalized spacial score (nSPS) is 13.8. The van der Waals surface area contributed by atoms with Crippen LogP contribution in [0, 0.1) is 0 Å². The van der Waals surface area contributed by atoms with E-state index < -0.39 is 12.0 Å². The third kappa shape index (κ3) is 7.75. The maximum atomic E-state index is 13.6. The van der Waals surface area contributed by atoms with Crippen molar-refractivity contribution in [2.45, 2.75) is 65.1 Å². The first-order valence-corrected chi connectivity index (χ1v) is 13.2. The third-order valence-electron chi connectivity index (χ3n) is 6.57. The molecule has 0 aliphatic heterocycles. The van der Waals surface area contributed by atoms with Crippen LogP contribution in [0.15, 0.2) is 42.6 Å². The van der Waals surface area contributed by atoms with E-state index in [0.29, 0.717) is 24.7 Å². The van der Waals surface area contributed by atoms with Gasteiger partial charge in [0, 0.05) is 36.0 Å². The van der Waals surface area contributed by atoms with Crippen LogP contribution in [-0.2, 0) is 27.4 Å². The van der Waals surface area contributed by atoms with Crippen LogP contribution in [0.5, 0.6) is 0 Å². The largest absolute Gasteiger partial charge is 0.465 e. The second kappa shape index (κ2) is 13.9. The zero-order chi connectivity index (χ0) is 25.9. The molecule has 0 atom stereocenters. The average molecular weight is 517 g/mol. The minimum Gasteiger partial charge on any atom is -0.465 e. The molecule has 0 unspecified atom stereocenters. The van der Waals surface area contributed by atoms with E-state index in [1.54, 1.807) is 6.92 Å². The van der Waals surface area contributed by atoms with Crippen LogP contribution in [0.4, 0.5) is 4.79 Å². The molecule has 2 aromatic rings. The van der Waals surface area contributed by atoms with E-state index >= 15 is 0 Å². The number of hydrogen-bond donors (Lipinski definition) is 1.